The second-order valence-corrected chi connectivity index (χ2v) is 8.18. The van der Waals surface area contributed by atoms with Crippen molar-refractivity contribution in [3.63, 3.8) is 0 Å². The summed E-state index contributed by atoms with van der Waals surface area (Å²) in [5.74, 6) is -0.236. The number of rotatable bonds is 5. The molecule has 2 saturated heterocycles. The molecule has 26 heavy (non-hydrogen) atoms. The Labute approximate surface area is 153 Å². The Morgan fingerprint density at radius 2 is 1.92 bits per heavy atom. The number of nitrogens with one attached hydrogen (secondary N) is 1. The fourth-order valence-corrected chi connectivity index (χ4v) is 4.48. The Hall–Kier alpha value is -1.68. The van der Waals surface area contributed by atoms with Gasteiger partial charge in [-0.2, -0.15) is 0 Å². The molecular weight excluding hydrogens is 360 g/mol. The summed E-state index contributed by atoms with van der Waals surface area (Å²) in [5.41, 5.74) is 0.555. The first kappa shape index (κ1) is 19.1. The Kier molecular flexibility index (Phi) is 5.52. The van der Waals surface area contributed by atoms with Gasteiger partial charge in [-0.25, -0.2) is 13.1 Å². The number of amides is 1. The molecule has 9 heteroatoms. The summed E-state index contributed by atoms with van der Waals surface area (Å²) in [6.07, 6.45) is 1.20. The van der Waals surface area contributed by atoms with Gasteiger partial charge in [0.05, 0.1) is 31.8 Å². The molecule has 2 heterocycles. The van der Waals surface area contributed by atoms with Crippen LogP contribution in [0, 0.1) is 6.92 Å². The van der Waals surface area contributed by atoms with Crippen molar-refractivity contribution in [2.75, 3.05) is 40.0 Å². The van der Waals surface area contributed by atoms with Crippen LogP contribution in [0.3, 0.4) is 0 Å². The van der Waals surface area contributed by atoms with Crippen LogP contribution in [0.25, 0.3) is 0 Å². The molecule has 1 spiro atoms. The van der Waals surface area contributed by atoms with Crippen LogP contribution in [0.15, 0.2) is 23.1 Å². The van der Waals surface area contributed by atoms with Crippen LogP contribution in [0.2, 0.25) is 0 Å². The van der Waals surface area contributed by atoms with E-state index in [0.717, 1.165) is 0 Å². The number of hydrogen-bond donors (Lipinski definition) is 1. The average molecular weight is 384 g/mol. The summed E-state index contributed by atoms with van der Waals surface area (Å²) in [5, 5.41) is 0. The van der Waals surface area contributed by atoms with Gasteiger partial charge in [0.15, 0.2) is 5.79 Å². The van der Waals surface area contributed by atoms with Crippen molar-refractivity contribution >= 4 is 15.9 Å². The highest BCUT2D eigenvalue weighted by Crippen LogP contribution is 2.31. The topological polar surface area (TPSA) is 94.2 Å². The van der Waals surface area contributed by atoms with Gasteiger partial charge in [0, 0.05) is 25.9 Å². The first-order valence-corrected chi connectivity index (χ1v) is 10.0. The minimum Gasteiger partial charge on any atom is -0.497 e. The summed E-state index contributed by atoms with van der Waals surface area (Å²) in [7, 11) is -2.26. The van der Waals surface area contributed by atoms with Crippen molar-refractivity contribution < 1.29 is 27.4 Å². The predicted molar refractivity (Wildman–Crippen MR) is 93.4 cm³/mol. The number of ether oxygens (including phenoxy) is 3. The molecular formula is C17H24N2O6S. The summed E-state index contributed by atoms with van der Waals surface area (Å²) in [4.78, 5) is 14.1. The molecule has 1 N–H and O–H groups in total. The van der Waals surface area contributed by atoms with Gasteiger partial charge in [0.1, 0.15) is 5.75 Å². The standard InChI is InChI=1S/C17H24N2O6S/c1-13-11-14(23-2)3-4-15(13)26(21,22)18-12-16(20)19-7-5-17(6-8-19)24-9-10-25-17/h3-4,11,18H,5-10,12H2,1-2H3. The molecule has 0 bridgehead atoms. The van der Waals surface area contributed by atoms with Crippen LogP contribution in [-0.4, -0.2) is 65.0 Å². The number of methoxy groups -OCH3 is 1. The van der Waals surface area contributed by atoms with Gasteiger partial charge >= 0.3 is 0 Å². The fraction of sp³-hybridized carbons (Fsp3) is 0.588. The van der Waals surface area contributed by atoms with E-state index in [4.69, 9.17) is 14.2 Å². The van der Waals surface area contributed by atoms with Crippen molar-refractivity contribution in [2.45, 2.75) is 30.4 Å². The molecule has 0 aliphatic carbocycles. The van der Waals surface area contributed by atoms with E-state index in [9.17, 15) is 13.2 Å². The number of carbonyl (C=O) groups is 1. The normalized spacial score (nSPS) is 19.7. The quantitative estimate of drug-likeness (QED) is 0.801. The van der Waals surface area contributed by atoms with Crippen LogP contribution in [0.5, 0.6) is 5.75 Å². The van der Waals surface area contributed by atoms with Crippen LogP contribution in [-0.2, 0) is 24.3 Å². The number of aryl methyl sites for hydroxylation is 1. The van der Waals surface area contributed by atoms with Gasteiger partial charge in [-0.1, -0.05) is 0 Å². The van der Waals surface area contributed by atoms with Gasteiger partial charge < -0.3 is 19.1 Å². The van der Waals surface area contributed by atoms with Gasteiger partial charge in [0.2, 0.25) is 15.9 Å². The second-order valence-electron chi connectivity index (χ2n) is 6.44. The van der Waals surface area contributed by atoms with Crippen molar-refractivity contribution in [3.05, 3.63) is 23.8 Å². The molecule has 3 rings (SSSR count). The SMILES string of the molecule is COc1ccc(S(=O)(=O)NCC(=O)N2CCC3(CC2)OCCO3)c(C)c1. The van der Waals surface area contributed by atoms with Crippen LogP contribution in [0.4, 0.5) is 0 Å². The molecule has 144 valence electrons. The second kappa shape index (κ2) is 7.51. The number of sulfonamides is 1. The molecule has 0 unspecified atom stereocenters. The van der Waals surface area contributed by atoms with Gasteiger partial charge in [-0.05, 0) is 30.7 Å². The Bertz CT molecular complexity index is 763. The highest BCUT2D eigenvalue weighted by atomic mass is 32.2. The van der Waals surface area contributed by atoms with Gasteiger partial charge in [-0.15, -0.1) is 0 Å². The third-order valence-corrected chi connectivity index (χ3v) is 6.34. The van der Waals surface area contributed by atoms with Crippen LogP contribution < -0.4 is 9.46 Å². The Morgan fingerprint density at radius 1 is 1.27 bits per heavy atom. The molecule has 0 aromatic heterocycles. The number of nitrogens with zero attached hydrogens (tertiary/aromatic N) is 1. The van der Waals surface area contributed by atoms with Crippen LogP contribution >= 0.6 is 0 Å². The van der Waals surface area contributed by atoms with E-state index in [1.54, 1.807) is 24.0 Å². The van der Waals surface area contributed by atoms with Crippen molar-refractivity contribution in [2.24, 2.45) is 0 Å². The molecule has 1 aromatic rings. The molecule has 2 aliphatic rings. The van der Waals surface area contributed by atoms with Crippen molar-refractivity contribution in [3.8, 4) is 5.75 Å². The maximum Gasteiger partial charge on any atom is 0.241 e. The maximum atomic E-state index is 12.5. The summed E-state index contributed by atoms with van der Waals surface area (Å²) < 4.78 is 43.7. The first-order valence-electron chi connectivity index (χ1n) is 8.55. The molecule has 2 aliphatic heterocycles. The molecule has 1 amide bonds. The average Bonchev–Trinajstić information content (AvgIpc) is 3.08. The predicted octanol–water partition coefficient (Wildman–Crippen LogP) is 0.647. The molecule has 0 saturated carbocycles. The van der Waals surface area contributed by atoms with Crippen molar-refractivity contribution in [1.29, 1.82) is 0 Å². The number of hydrogen-bond acceptors (Lipinski definition) is 6. The maximum absolute atomic E-state index is 12.5. The minimum absolute atomic E-state index is 0.136. The first-order chi connectivity index (χ1) is 12.4. The lowest BCUT2D eigenvalue weighted by molar-refractivity contribution is -0.187. The van der Waals surface area contributed by atoms with E-state index in [0.29, 0.717) is 50.5 Å². The van der Waals surface area contributed by atoms with Crippen molar-refractivity contribution in [1.82, 2.24) is 9.62 Å². The lowest BCUT2D eigenvalue weighted by atomic mass is 10.0. The van der Waals surface area contributed by atoms with Gasteiger partial charge in [0.25, 0.3) is 0 Å². The number of carbonyl (C=O) groups excluding carboxylic acids is 1. The third kappa shape index (κ3) is 4.01. The van der Waals surface area contributed by atoms with E-state index >= 15 is 0 Å². The fourth-order valence-electron chi connectivity index (χ4n) is 3.28. The lowest BCUT2D eigenvalue weighted by Gasteiger charge is -2.37. The Morgan fingerprint density at radius 3 is 2.50 bits per heavy atom. The zero-order chi connectivity index (χ0) is 18.8. The largest absolute Gasteiger partial charge is 0.497 e. The zero-order valence-corrected chi connectivity index (χ0v) is 15.8. The highest BCUT2D eigenvalue weighted by Gasteiger charge is 2.40. The molecule has 2 fully saturated rings. The third-order valence-electron chi connectivity index (χ3n) is 4.78. The van der Waals surface area contributed by atoms with Gasteiger partial charge in [-0.3, -0.25) is 4.79 Å². The lowest BCUT2D eigenvalue weighted by Crippen LogP contribution is -2.49. The van der Waals surface area contributed by atoms with E-state index < -0.39 is 15.8 Å². The van der Waals surface area contributed by atoms with E-state index in [2.05, 4.69) is 4.72 Å². The summed E-state index contributed by atoms with van der Waals surface area (Å²) >= 11 is 0. The van der Waals surface area contributed by atoms with E-state index in [1.807, 2.05) is 0 Å². The summed E-state index contributed by atoms with van der Waals surface area (Å²) in [6, 6.07) is 4.69. The molecule has 0 radical (unpaired) electrons. The number of piperidine rings is 1. The highest BCUT2D eigenvalue weighted by molar-refractivity contribution is 7.89. The van der Waals surface area contributed by atoms with E-state index in [-0.39, 0.29) is 17.3 Å². The monoisotopic (exact) mass is 384 g/mol. The smallest absolute Gasteiger partial charge is 0.241 e. The number of likely N-dealkylation sites (tertiary alicyclic amines) is 1. The van der Waals surface area contributed by atoms with E-state index in [1.165, 1.54) is 13.2 Å². The number of benzene rings is 1. The Balaban J connectivity index is 1.57. The summed E-state index contributed by atoms with van der Waals surface area (Å²) in [6.45, 7) is 3.54. The van der Waals surface area contributed by atoms with Crippen LogP contribution in [0.1, 0.15) is 18.4 Å². The minimum atomic E-state index is -3.77. The molecule has 8 nitrogen and oxygen atoms in total. The molecule has 0 atom stereocenters. The zero-order valence-electron chi connectivity index (χ0n) is 15.0. The molecule has 1 aromatic carbocycles.